The van der Waals surface area contributed by atoms with E-state index in [0.717, 1.165) is 112 Å². The third-order valence-corrected chi connectivity index (χ3v) is 12.0. The molecular weight excluding hydrogens is 749 g/mol. The first-order valence-corrected chi connectivity index (χ1v) is 21.7. The van der Waals surface area contributed by atoms with Crippen LogP contribution in [-0.4, -0.2) is 62.4 Å². The molecular formula is C46H54N6O3S2. The molecule has 2 atom stereocenters. The van der Waals surface area contributed by atoms with Crippen molar-refractivity contribution in [1.82, 2.24) is 30.2 Å². The van der Waals surface area contributed by atoms with Crippen molar-refractivity contribution in [2.45, 2.75) is 86.8 Å². The number of H-pyrrole nitrogens is 2. The predicted octanol–water partition coefficient (Wildman–Crippen LogP) is 12.2. The average molecular weight is 803 g/mol. The fourth-order valence-corrected chi connectivity index (χ4v) is 9.14. The maximum atomic E-state index is 14.5. The largest absolute Gasteiger partial charge is 0.497 e. The molecule has 0 bridgehead atoms. The first-order chi connectivity index (χ1) is 28.0. The highest BCUT2D eigenvalue weighted by Crippen LogP contribution is 2.41. The zero-order chi connectivity index (χ0) is 40.0. The number of amides is 2. The molecule has 0 aliphatic heterocycles. The van der Waals surface area contributed by atoms with Gasteiger partial charge in [-0.05, 0) is 67.8 Å². The molecule has 3 N–H and O–H groups in total. The molecule has 298 valence electrons. The quantitative estimate of drug-likeness (QED) is 0.0521. The minimum absolute atomic E-state index is 0.0745. The fraction of sp³-hybridized carbons (Fsp3) is 0.326. The number of nitrogens with one attached hydrogen (secondary N) is 3. The van der Waals surface area contributed by atoms with Gasteiger partial charge in [-0.25, -0.2) is 14.8 Å². The number of benzene rings is 4. The number of urea groups is 1. The zero-order valence-electron chi connectivity index (χ0n) is 33.6. The van der Waals surface area contributed by atoms with Crippen LogP contribution < -0.4 is 14.8 Å². The van der Waals surface area contributed by atoms with Gasteiger partial charge in [0.05, 0.1) is 47.7 Å². The third-order valence-electron chi connectivity index (χ3n) is 9.70. The Morgan fingerprint density at radius 1 is 0.614 bits per heavy atom. The van der Waals surface area contributed by atoms with Gasteiger partial charge in [0.25, 0.3) is 0 Å². The van der Waals surface area contributed by atoms with Gasteiger partial charge in [0.2, 0.25) is 0 Å². The number of hydrogen-bond acceptors (Lipinski definition) is 7. The average Bonchev–Trinajstić information content (AvgIpc) is 3.89. The topological polar surface area (TPSA) is 108 Å². The minimum atomic E-state index is -0.216. The molecule has 2 unspecified atom stereocenters. The monoisotopic (exact) mass is 802 g/mol. The van der Waals surface area contributed by atoms with Crippen molar-refractivity contribution in [3.05, 3.63) is 109 Å². The van der Waals surface area contributed by atoms with E-state index in [1.165, 1.54) is 0 Å². The summed E-state index contributed by atoms with van der Waals surface area (Å²) in [4.78, 5) is 34.5. The number of ether oxygens (including phenoxy) is 2. The van der Waals surface area contributed by atoms with Crippen LogP contribution in [0.2, 0.25) is 0 Å². The molecule has 0 radical (unpaired) electrons. The van der Waals surface area contributed by atoms with Crippen LogP contribution in [0.4, 0.5) is 4.79 Å². The number of nitrogens with zero attached hydrogens (tertiary/aromatic N) is 3. The smallest absolute Gasteiger partial charge is 0.319 e. The second-order valence-electron chi connectivity index (χ2n) is 13.8. The molecule has 6 aromatic rings. The van der Waals surface area contributed by atoms with E-state index in [2.05, 4.69) is 65.2 Å². The molecule has 0 aliphatic rings. The van der Waals surface area contributed by atoms with Gasteiger partial charge in [-0.3, -0.25) is 4.90 Å². The number of methoxy groups -OCH3 is 2. The summed E-state index contributed by atoms with van der Waals surface area (Å²) in [7, 11) is 3.34. The van der Waals surface area contributed by atoms with Gasteiger partial charge in [0.15, 0.2) is 10.3 Å². The maximum absolute atomic E-state index is 14.5. The van der Waals surface area contributed by atoms with Gasteiger partial charge < -0.3 is 24.8 Å². The van der Waals surface area contributed by atoms with E-state index in [1.807, 2.05) is 84.9 Å². The second-order valence-corrected chi connectivity index (χ2v) is 16.1. The van der Waals surface area contributed by atoms with Crippen molar-refractivity contribution in [2.75, 3.05) is 20.8 Å². The Hall–Kier alpha value is -5.13. The number of thioether (sulfide) groups is 2. The van der Waals surface area contributed by atoms with Gasteiger partial charge in [-0.15, -0.1) is 0 Å². The van der Waals surface area contributed by atoms with Crippen LogP contribution in [0.15, 0.2) is 120 Å². The molecule has 0 fully saturated rings. The summed E-state index contributed by atoms with van der Waals surface area (Å²) in [6.07, 6.45) is 6.36. The lowest BCUT2D eigenvalue weighted by Crippen LogP contribution is -2.49. The van der Waals surface area contributed by atoms with E-state index in [4.69, 9.17) is 19.4 Å². The van der Waals surface area contributed by atoms with Crippen molar-refractivity contribution >= 4 is 29.6 Å². The Kier molecular flexibility index (Phi) is 15.2. The summed E-state index contributed by atoms with van der Waals surface area (Å²) >= 11 is 3.25. The van der Waals surface area contributed by atoms with Gasteiger partial charge in [0.1, 0.15) is 11.5 Å². The number of carbonyl (C=O) groups is 1. The van der Waals surface area contributed by atoms with Crippen molar-refractivity contribution < 1.29 is 14.3 Å². The van der Waals surface area contributed by atoms with Crippen LogP contribution in [0.5, 0.6) is 11.5 Å². The number of hydrogen-bond donors (Lipinski definition) is 3. The highest BCUT2D eigenvalue weighted by atomic mass is 32.2. The highest BCUT2D eigenvalue weighted by Gasteiger charge is 2.34. The molecule has 6 rings (SSSR count). The molecule has 0 aliphatic carbocycles. The maximum Gasteiger partial charge on any atom is 0.319 e. The van der Waals surface area contributed by atoms with Crippen LogP contribution in [0, 0.1) is 0 Å². The summed E-state index contributed by atoms with van der Waals surface area (Å²) in [6.45, 7) is 7.07. The van der Waals surface area contributed by atoms with Crippen LogP contribution in [-0.2, 0) is 0 Å². The Balaban J connectivity index is 1.41. The fourth-order valence-electron chi connectivity index (χ4n) is 6.65. The predicted molar refractivity (Wildman–Crippen MR) is 236 cm³/mol. The molecule has 0 saturated heterocycles. The molecule has 2 aromatic heterocycles. The molecule has 4 aromatic carbocycles. The Bertz CT molecular complexity index is 2000. The van der Waals surface area contributed by atoms with Crippen LogP contribution in [0.25, 0.3) is 45.0 Å². The Morgan fingerprint density at radius 3 is 1.47 bits per heavy atom. The molecule has 9 nitrogen and oxygen atoms in total. The third kappa shape index (κ3) is 10.6. The van der Waals surface area contributed by atoms with Crippen molar-refractivity contribution in [1.29, 1.82) is 0 Å². The van der Waals surface area contributed by atoms with E-state index in [-0.39, 0.29) is 16.8 Å². The normalized spacial score (nSPS) is 12.2. The van der Waals surface area contributed by atoms with Gasteiger partial charge in [-0.2, -0.15) is 0 Å². The molecule has 57 heavy (non-hydrogen) atoms. The molecule has 0 spiro atoms. The second kappa shape index (κ2) is 20.9. The number of aromatic amines is 2. The first-order valence-electron chi connectivity index (χ1n) is 19.9. The van der Waals surface area contributed by atoms with Gasteiger partial charge in [0, 0.05) is 28.8 Å². The van der Waals surface area contributed by atoms with Crippen molar-refractivity contribution in [2.24, 2.45) is 0 Å². The standard InChI is InChI=1S/C46H54N6O3S2/c1-6-9-21-38(56-44-48-40(32-17-13-11-14-18-32)41(49-44)33-19-15-12-16-20-33)52(46(53)47-31-8-3)39(22-10-7-2)57-45-50-42(34-23-27-36(54-4)28-24-34)43(51-45)35-25-29-37(55-5)30-26-35/h11-20,23-30,38-39H,6-10,21-22,31H2,1-5H3,(H,47,53)(H,48,49)(H,50,51). The summed E-state index contributed by atoms with van der Waals surface area (Å²) in [6, 6.07) is 36.5. The number of carbonyl (C=O) groups excluding carboxylic acids is 1. The number of aromatic nitrogens is 4. The Morgan fingerprint density at radius 2 is 1.04 bits per heavy atom. The van der Waals surface area contributed by atoms with Crippen LogP contribution in [0.1, 0.15) is 65.7 Å². The lowest BCUT2D eigenvalue weighted by Gasteiger charge is -2.37. The number of unbranched alkanes of at least 4 members (excludes halogenated alkanes) is 2. The van der Waals surface area contributed by atoms with Crippen LogP contribution in [0.3, 0.4) is 0 Å². The lowest BCUT2D eigenvalue weighted by molar-refractivity contribution is 0.182. The summed E-state index contributed by atoms with van der Waals surface area (Å²) in [5.41, 5.74) is 7.64. The van der Waals surface area contributed by atoms with Gasteiger partial charge >= 0.3 is 6.03 Å². The molecule has 2 heterocycles. The van der Waals surface area contributed by atoms with Crippen molar-refractivity contribution in [3.63, 3.8) is 0 Å². The summed E-state index contributed by atoms with van der Waals surface area (Å²) in [5, 5.41) is 4.36. The minimum Gasteiger partial charge on any atom is -0.497 e. The van der Waals surface area contributed by atoms with Gasteiger partial charge in [-0.1, -0.05) is 131 Å². The summed E-state index contributed by atoms with van der Waals surface area (Å²) in [5.74, 6) is 1.56. The molecule has 2 amide bonds. The highest BCUT2D eigenvalue weighted by molar-refractivity contribution is 8.00. The molecule has 11 heteroatoms. The first kappa shape index (κ1) is 41.5. The van der Waals surface area contributed by atoms with Crippen LogP contribution >= 0.6 is 23.5 Å². The van der Waals surface area contributed by atoms with E-state index in [1.54, 1.807) is 37.7 Å². The number of imidazole rings is 2. The van der Waals surface area contributed by atoms with Crippen molar-refractivity contribution in [3.8, 4) is 56.5 Å². The zero-order valence-corrected chi connectivity index (χ0v) is 35.2. The van der Waals surface area contributed by atoms with E-state index in [0.29, 0.717) is 6.54 Å². The Labute approximate surface area is 345 Å². The number of rotatable bonds is 20. The van der Waals surface area contributed by atoms with E-state index in [9.17, 15) is 4.79 Å². The molecule has 0 saturated carbocycles. The lowest BCUT2D eigenvalue weighted by atomic mass is 10.0. The summed E-state index contributed by atoms with van der Waals surface area (Å²) < 4.78 is 10.9. The van der Waals surface area contributed by atoms with E-state index < -0.39 is 0 Å². The van der Waals surface area contributed by atoms with E-state index >= 15 is 0 Å². The SMILES string of the molecule is CCCCC(Sc1nc(-c2ccccc2)c(-c2ccccc2)[nH]1)N(C(=O)NCCC)C(CCCC)Sc1nc(-c2ccc(OC)cc2)c(-c2ccc(OC)cc2)[nH]1.